The number of nitrogen functional groups attached to an aromatic ring is 1. The molecule has 1 rings (SSSR count). The van der Waals surface area contributed by atoms with Crippen LogP contribution in [0.1, 0.15) is 13.8 Å². The molecule has 0 unspecified atom stereocenters. The standard InChI is InChI=1S/C10H15N3O3S.ClH/c1-7(2)17(15,16)6-10(14)13-8-3-4-9(11)12-5-8;/h3-5,7H,6H2,1-2H3,(H2,11,12)(H,13,14);1H. The van der Waals surface area contributed by atoms with Gasteiger partial charge < -0.3 is 11.1 Å². The predicted molar refractivity (Wildman–Crippen MR) is 73.4 cm³/mol. The summed E-state index contributed by atoms with van der Waals surface area (Å²) in [6.45, 7) is 3.07. The van der Waals surface area contributed by atoms with Gasteiger partial charge in [0.2, 0.25) is 5.91 Å². The van der Waals surface area contributed by atoms with Gasteiger partial charge in [0.1, 0.15) is 11.6 Å². The largest absolute Gasteiger partial charge is 0.384 e. The van der Waals surface area contributed by atoms with Crippen LogP contribution in [0.5, 0.6) is 0 Å². The zero-order valence-corrected chi connectivity index (χ0v) is 11.7. The monoisotopic (exact) mass is 293 g/mol. The van der Waals surface area contributed by atoms with E-state index in [4.69, 9.17) is 5.73 Å². The molecule has 18 heavy (non-hydrogen) atoms. The van der Waals surface area contributed by atoms with Crippen molar-refractivity contribution >= 4 is 39.7 Å². The Kier molecular flexibility index (Phi) is 6.07. The van der Waals surface area contributed by atoms with Gasteiger partial charge in [-0.05, 0) is 26.0 Å². The first-order valence-corrected chi connectivity index (χ1v) is 6.76. The summed E-state index contributed by atoms with van der Waals surface area (Å²) in [7, 11) is -3.38. The zero-order chi connectivity index (χ0) is 13.1. The van der Waals surface area contributed by atoms with Crippen molar-refractivity contribution < 1.29 is 13.2 Å². The Morgan fingerprint density at radius 1 is 1.44 bits per heavy atom. The van der Waals surface area contributed by atoms with Crippen molar-refractivity contribution in [2.45, 2.75) is 19.1 Å². The van der Waals surface area contributed by atoms with Crippen LogP contribution < -0.4 is 11.1 Å². The van der Waals surface area contributed by atoms with E-state index in [1.165, 1.54) is 26.1 Å². The highest BCUT2D eigenvalue weighted by molar-refractivity contribution is 7.92. The Balaban J connectivity index is 0.00000289. The summed E-state index contributed by atoms with van der Waals surface area (Å²) in [5, 5.41) is 1.87. The Bertz CT molecular complexity index is 500. The van der Waals surface area contributed by atoms with E-state index in [1.807, 2.05) is 0 Å². The minimum atomic E-state index is -3.38. The van der Waals surface area contributed by atoms with E-state index in [9.17, 15) is 13.2 Å². The van der Waals surface area contributed by atoms with Crippen molar-refractivity contribution in [1.29, 1.82) is 0 Å². The van der Waals surface area contributed by atoms with Crippen LogP contribution in [-0.2, 0) is 14.6 Å². The number of pyridine rings is 1. The molecule has 1 aromatic rings. The third-order valence-electron chi connectivity index (χ3n) is 2.12. The third kappa shape index (κ3) is 4.89. The highest BCUT2D eigenvalue weighted by atomic mass is 35.5. The number of carbonyl (C=O) groups is 1. The second-order valence-corrected chi connectivity index (χ2v) is 6.43. The summed E-state index contributed by atoms with van der Waals surface area (Å²) in [5.41, 5.74) is 5.80. The fourth-order valence-corrected chi connectivity index (χ4v) is 1.80. The number of hydrogen-bond acceptors (Lipinski definition) is 5. The molecule has 3 N–H and O–H groups in total. The number of hydrogen-bond donors (Lipinski definition) is 2. The van der Waals surface area contributed by atoms with E-state index in [1.54, 1.807) is 6.07 Å². The summed E-state index contributed by atoms with van der Waals surface area (Å²) in [6.07, 6.45) is 1.37. The molecule has 0 spiro atoms. The van der Waals surface area contributed by atoms with Crippen molar-refractivity contribution in [3.63, 3.8) is 0 Å². The maximum atomic E-state index is 11.5. The molecule has 1 heterocycles. The Morgan fingerprint density at radius 2 is 2.06 bits per heavy atom. The summed E-state index contributed by atoms with van der Waals surface area (Å²) in [4.78, 5) is 15.2. The van der Waals surface area contributed by atoms with Crippen molar-refractivity contribution in [1.82, 2.24) is 4.98 Å². The van der Waals surface area contributed by atoms with Gasteiger partial charge in [-0.25, -0.2) is 13.4 Å². The fraction of sp³-hybridized carbons (Fsp3) is 0.400. The molecular weight excluding hydrogens is 278 g/mol. The normalized spacial score (nSPS) is 10.8. The Morgan fingerprint density at radius 3 is 2.50 bits per heavy atom. The molecule has 8 heteroatoms. The number of carbonyl (C=O) groups excluding carboxylic acids is 1. The highest BCUT2D eigenvalue weighted by Gasteiger charge is 2.20. The molecule has 0 aromatic carbocycles. The van der Waals surface area contributed by atoms with Gasteiger partial charge in [-0.3, -0.25) is 4.79 Å². The zero-order valence-electron chi connectivity index (χ0n) is 10.1. The molecule has 0 fully saturated rings. The number of nitrogens with one attached hydrogen (secondary N) is 1. The topological polar surface area (TPSA) is 102 Å². The minimum absolute atomic E-state index is 0. The SMILES string of the molecule is CC(C)S(=O)(=O)CC(=O)Nc1ccc(N)nc1.Cl. The van der Waals surface area contributed by atoms with Gasteiger partial charge >= 0.3 is 0 Å². The molecule has 6 nitrogen and oxygen atoms in total. The van der Waals surface area contributed by atoms with Gasteiger partial charge in [0.05, 0.1) is 17.1 Å². The third-order valence-corrected chi connectivity index (χ3v) is 4.22. The van der Waals surface area contributed by atoms with Crippen LogP contribution in [0.3, 0.4) is 0 Å². The molecule has 0 saturated heterocycles. The van der Waals surface area contributed by atoms with Crippen LogP contribution in [-0.4, -0.2) is 30.3 Å². The van der Waals surface area contributed by atoms with Crippen LogP contribution in [0, 0.1) is 0 Å². The van der Waals surface area contributed by atoms with Crippen LogP contribution >= 0.6 is 12.4 Å². The second-order valence-electron chi connectivity index (χ2n) is 3.88. The Labute approximate surface area is 112 Å². The van der Waals surface area contributed by atoms with Gasteiger partial charge in [0.25, 0.3) is 0 Å². The molecule has 0 radical (unpaired) electrons. The van der Waals surface area contributed by atoms with Crippen LogP contribution in [0.15, 0.2) is 18.3 Å². The van der Waals surface area contributed by atoms with Crippen LogP contribution in [0.25, 0.3) is 0 Å². The summed E-state index contributed by atoms with van der Waals surface area (Å²) < 4.78 is 23.0. The number of aromatic nitrogens is 1. The van der Waals surface area contributed by atoms with E-state index in [-0.39, 0.29) is 12.4 Å². The van der Waals surface area contributed by atoms with E-state index < -0.39 is 26.7 Å². The molecule has 0 aliphatic carbocycles. The molecule has 102 valence electrons. The van der Waals surface area contributed by atoms with E-state index >= 15 is 0 Å². The fourth-order valence-electron chi connectivity index (χ4n) is 1.03. The maximum absolute atomic E-state index is 11.5. The maximum Gasteiger partial charge on any atom is 0.239 e. The lowest BCUT2D eigenvalue weighted by atomic mass is 10.4. The first kappa shape index (κ1) is 16.7. The van der Waals surface area contributed by atoms with E-state index in [2.05, 4.69) is 10.3 Å². The molecule has 0 aliphatic rings. The molecule has 1 amide bonds. The second kappa shape index (κ2) is 6.55. The number of sulfone groups is 1. The van der Waals surface area contributed by atoms with Gasteiger partial charge in [0, 0.05) is 0 Å². The quantitative estimate of drug-likeness (QED) is 0.856. The smallest absolute Gasteiger partial charge is 0.239 e. The van der Waals surface area contributed by atoms with Crippen LogP contribution in [0.4, 0.5) is 11.5 Å². The van der Waals surface area contributed by atoms with Gasteiger partial charge in [0.15, 0.2) is 9.84 Å². The number of rotatable bonds is 4. The van der Waals surface area contributed by atoms with E-state index in [0.717, 1.165) is 0 Å². The summed E-state index contributed by atoms with van der Waals surface area (Å²) >= 11 is 0. The average molecular weight is 294 g/mol. The molecule has 0 atom stereocenters. The minimum Gasteiger partial charge on any atom is -0.384 e. The Hall–Kier alpha value is -1.34. The predicted octanol–water partition coefficient (Wildman–Crippen LogP) is 0.847. The summed E-state index contributed by atoms with van der Waals surface area (Å²) in [5.74, 6) is -0.780. The van der Waals surface area contributed by atoms with Crippen molar-refractivity contribution in [2.75, 3.05) is 16.8 Å². The number of halogens is 1. The first-order chi connectivity index (χ1) is 7.81. The number of nitrogens with zero attached hydrogens (tertiary/aromatic N) is 1. The van der Waals surface area contributed by atoms with Gasteiger partial charge in [-0.2, -0.15) is 0 Å². The molecule has 1 aromatic heterocycles. The lowest BCUT2D eigenvalue weighted by molar-refractivity contribution is -0.113. The van der Waals surface area contributed by atoms with Gasteiger partial charge in [-0.15, -0.1) is 12.4 Å². The van der Waals surface area contributed by atoms with E-state index in [0.29, 0.717) is 11.5 Å². The van der Waals surface area contributed by atoms with Crippen molar-refractivity contribution in [2.24, 2.45) is 0 Å². The average Bonchev–Trinajstić information content (AvgIpc) is 2.20. The number of nitrogens with two attached hydrogens (primary N) is 1. The lowest BCUT2D eigenvalue weighted by Crippen LogP contribution is -2.27. The molecule has 0 aliphatic heterocycles. The highest BCUT2D eigenvalue weighted by Crippen LogP contribution is 2.08. The van der Waals surface area contributed by atoms with Crippen molar-refractivity contribution in [3.05, 3.63) is 18.3 Å². The molecule has 0 saturated carbocycles. The lowest BCUT2D eigenvalue weighted by Gasteiger charge is -2.08. The van der Waals surface area contributed by atoms with Crippen LogP contribution in [0.2, 0.25) is 0 Å². The molecular formula is C10H16ClN3O3S. The number of amides is 1. The molecule has 0 bridgehead atoms. The first-order valence-electron chi connectivity index (χ1n) is 5.04. The van der Waals surface area contributed by atoms with Crippen molar-refractivity contribution in [3.8, 4) is 0 Å². The van der Waals surface area contributed by atoms with Gasteiger partial charge in [-0.1, -0.05) is 0 Å². The number of anilines is 2. The summed E-state index contributed by atoms with van der Waals surface area (Å²) in [6, 6.07) is 3.08.